The van der Waals surface area contributed by atoms with Crippen LogP contribution in [0.15, 0.2) is 48.5 Å². The number of rotatable bonds is 6. The summed E-state index contributed by atoms with van der Waals surface area (Å²) in [5.41, 5.74) is 6.24. The number of carbonyl (C=O) groups is 2. The largest absolute Gasteiger partial charge is 0.462 e. The van der Waals surface area contributed by atoms with Gasteiger partial charge in [-0.3, -0.25) is 9.69 Å². The van der Waals surface area contributed by atoms with Crippen molar-refractivity contribution in [3.05, 3.63) is 86.8 Å². The fourth-order valence-electron chi connectivity index (χ4n) is 4.96. The lowest BCUT2D eigenvalue weighted by atomic mass is 9.95. The highest BCUT2D eigenvalue weighted by molar-refractivity contribution is 7.17. The van der Waals surface area contributed by atoms with E-state index in [1.165, 1.54) is 32.9 Å². The first kappa shape index (κ1) is 22.8. The van der Waals surface area contributed by atoms with Gasteiger partial charge in [-0.1, -0.05) is 36.4 Å². The maximum atomic E-state index is 13.0. The summed E-state index contributed by atoms with van der Waals surface area (Å²) < 4.78 is 5.30. The van der Waals surface area contributed by atoms with Crippen molar-refractivity contribution >= 4 is 28.2 Å². The number of ether oxygens (including phenoxy) is 1. The molecular formula is C28H30N2O3S. The third kappa shape index (κ3) is 4.79. The summed E-state index contributed by atoms with van der Waals surface area (Å²) in [5.74, 6) is -0.529. The Labute approximate surface area is 204 Å². The van der Waals surface area contributed by atoms with E-state index in [2.05, 4.69) is 34.5 Å². The van der Waals surface area contributed by atoms with Crippen molar-refractivity contribution < 1.29 is 14.3 Å². The maximum absolute atomic E-state index is 13.0. The molecule has 0 atom stereocenters. The Bertz CT molecular complexity index is 1200. The van der Waals surface area contributed by atoms with Crippen LogP contribution >= 0.6 is 11.3 Å². The first-order valence-electron chi connectivity index (χ1n) is 12.1. The van der Waals surface area contributed by atoms with Crippen molar-refractivity contribution in [2.45, 2.75) is 52.1 Å². The quantitative estimate of drug-likeness (QED) is 0.472. The summed E-state index contributed by atoms with van der Waals surface area (Å²) in [6.45, 7) is 4.98. The zero-order valence-electron chi connectivity index (χ0n) is 19.6. The van der Waals surface area contributed by atoms with Gasteiger partial charge in [-0.2, -0.15) is 0 Å². The van der Waals surface area contributed by atoms with Gasteiger partial charge in [0.2, 0.25) is 0 Å². The predicted molar refractivity (Wildman–Crippen MR) is 136 cm³/mol. The van der Waals surface area contributed by atoms with Crippen molar-refractivity contribution in [2.75, 3.05) is 18.5 Å². The lowest BCUT2D eigenvalue weighted by Gasteiger charge is -2.28. The van der Waals surface area contributed by atoms with Crippen molar-refractivity contribution in [1.29, 1.82) is 0 Å². The number of fused-ring (bicyclic) bond motifs is 2. The lowest BCUT2D eigenvalue weighted by Crippen LogP contribution is -2.29. The minimum absolute atomic E-state index is 0.192. The fourth-order valence-corrected chi connectivity index (χ4v) is 6.23. The highest BCUT2D eigenvalue weighted by Crippen LogP contribution is 2.38. The molecule has 0 bridgehead atoms. The van der Waals surface area contributed by atoms with Crippen LogP contribution in [-0.4, -0.2) is 29.9 Å². The fraction of sp³-hybridized carbons (Fsp3) is 0.357. The standard InChI is InChI=1S/C28H30N2O3S/c1-2-33-28(32)25-23-9-5-6-10-24(23)34-27(25)29-26(31)21-13-11-19(12-14-21)17-30-16-15-20-7-3-4-8-22(20)18-30/h3-4,7-8,11-14H,2,5-6,9-10,15-18H2,1H3,(H,29,31). The molecule has 1 amide bonds. The van der Waals surface area contributed by atoms with Crippen LogP contribution in [0.5, 0.6) is 0 Å². The molecule has 0 saturated heterocycles. The van der Waals surface area contributed by atoms with E-state index in [0.29, 0.717) is 22.7 Å². The third-order valence-electron chi connectivity index (χ3n) is 6.71. The second kappa shape index (κ2) is 10.1. The van der Waals surface area contributed by atoms with Gasteiger partial charge in [-0.15, -0.1) is 11.3 Å². The van der Waals surface area contributed by atoms with Crippen LogP contribution in [0.1, 0.15) is 67.6 Å². The molecule has 1 N–H and O–H groups in total. The van der Waals surface area contributed by atoms with Crippen molar-refractivity contribution in [2.24, 2.45) is 0 Å². The average molecular weight is 475 g/mol. The lowest BCUT2D eigenvalue weighted by molar-refractivity contribution is 0.0526. The van der Waals surface area contributed by atoms with Gasteiger partial charge in [0.1, 0.15) is 5.00 Å². The van der Waals surface area contributed by atoms with Crippen LogP contribution < -0.4 is 5.32 Å². The van der Waals surface area contributed by atoms with Crippen LogP contribution in [0.3, 0.4) is 0 Å². The molecular weight excluding hydrogens is 444 g/mol. The number of benzene rings is 2. The van der Waals surface area contributed by atoms with E-state index >= 15 is 0 Å². The molecule has 2 heterocycles. The van der Waals surface area contributed by atoms with Crippen LogP contribution in [0.25, 0.3) is 0 Å². The summed E-state index contributed by atoms with van der Waals surface area (Å²) in [7, 11) is 0. The van der Waals surface area contributed by atoms with E-state index in [1.54, 1.807) is 6.92 Å². The molecule has 6 heteroatoms. The number of anilines is 1. The van der Waals surface area contributed by atoms with Gasteiger partial charge in [0, 0.05) is 30.1 Å². The van der Waals surface area contributed by atoms with E-state index in [0.717, 1.165) is 57.3 Å². The van der Waals surface area contributed by atoms with E-state index < -0.39 is 0 Å². The first-order valence-corrected chi connectivity index (χ1v) is 12.9. The zero-order chi connectivity index (χ0) is 23.5. The number of esters is 1. The van der Waals surface area contributed by atoms with Crippen molar-refractivity contribution in [1.82, 2.24) is 4.90 Å². The number of hydrogen-bond donors (Lipinski definition) is 1. The highest BCUT2D eigenvalue weighted by Gasteiger charge is 2.27. The number of nitrogens with zero attached hydrogens (tertiary/aromatic N) is 1. The molecule has 0 radical (unpaired) electrons. The Morgan fingerprint density at radius 3 is 2.56 bits per heavy atom. The molecule has 0 unspecified atom stereocenters. The van der Waals surface area contributed by atoms with Gasteiger partial charge in [0.25, 0.3) is 5.91 Å². The van der Waals surface area contributed by atoms with Crippen LogP contribution in [0.4, 0.5) is 5.00 Å². The van der Waals surface area contributed by atoms with Crippen molar-refractivity contribution in [3.8, 4) is 0 Å². The van der Waals surface area contributed by atoms with Gasteiger partial charge in [0.05, 0.1) is 12.2 Å². The van der Waals surface area contributed by atoms with E-state index in [-0.39, 0.29) is 11.9 Å². The van der Waals surface area contributed by atoms with Gasteiger partial charge in [-0.25, -0.2) is 4.79 Å². The number of nitrogens with one attached hydrogen (secondary N) is 1. The molecule has 34 heavy (non-hydrogen) atoms. The highest BCUT2D eigenvalue weighted by atomic mass is 32.1. The number of carbonyl (C=O) groups excluding carboxylic acids is 2. The molecule has 5 nitrogen and oxygen atoms in total. The zero-order valence-corrected chi connectivity index (χ0v) is 20.4. The van der Waals surface area contributed by atoms with E-state index in [9.17, 15) is 9.59 Å². The Balaban J connectivity index is 1.27. The molecule has 0 spiro atoms. The summed E-state index contributed by atoms with van der Waals surface area (Å²) >= 11 is 1.52. The normalized spacial score (nSPS) is 15.3. The molecule has 0 fully saturated rings. The summed E-state index contributed by atoms with van der Waals surface area (Å²) in [6.07, 6.45) is 5.08. The first-order chi connectivity index (χ1) is 16.6. The predicted octanol–water partition coefficient (Wildman–Crippen LogP) is 5.61. The molecule has 5 rings (SSSR count). The van der Waals surface area contributed by atoms with Crippen LogP contribution in [0, 0.1) is 0 Å². The topological polar surface area (TPSA) is 58.6 Å². The molecule has 1 aromatic heterocycles. The average Bonchev–Trinajstić information content (AvgIpc) is 3.22. The van der Waals surface area contributed by atoms with Crippen molar-refractivity contribution in [3.63, 3.8) is 0 Å². The molecule has 2 aliphatic rings. The van der Waals surface area contributed by atoms with Crippen LogP contribution in [0.2, 0.25) is 0 Å². The third-order valence-corrected chi connectivity index (χ3v) is 7.92. The summed E-state index contributed by atoms with van der Waals surface area (Å²) in [5, 5.41) is 3.62. The Morgan fingerprint density at radius 1 is 1.00 bits per heavy atom. The Morgan fingerprint density at radius 2 is 1.76 bits per heavy atom. The number of aryl methyl sites for hydroxylation is 1. The molecule has 1 aliphatic carbocycles. The number of hydrogen-bond acceptors (Lipinski definition) is 5. The summed E-state index contributed by atoms with van der Waals surface area (Å²) in [4.78, 5) is 29.3. The molecule has 3 aromatic rings. The van der Waals surface area contributed by atoms with Gasteiger partial charge >= 0.3 is 5.97 Å². The molecule has 1 aliphatic heterocycles. The summed E-state index contributed by atoms with van der Waals surface area (Å²) in [6, 6.07) is 16.5. The van der Waals surface area contributed by atoms with Gasteiger partial charge in [0.15, 0.2) is 0 Å². The monoisotopic (exact) mass is 474 g/mol. The molecule has 176 valence electrons. The van der Waals surface area contributed by atoms with E-state index in [1.807, 2.05) is 24.3 Å². The second-order valence-corrected chi connectivity index (χ2v) is 10.1. The Kier molecular flexibility index (Phi) is 6.79. The van der Waals surface area contributed by atoms with Gasteiger partial charge < -0.3 is 10.1 Å². The smallest absolute Gasteiger partial charge is 0.341 e. The van der Waals surface area contributed by atoms with Crippen LogP contribution in [-0.2, 0) is 37.1 Å². The minimum atomic E-state index is -0.337. The maximum Gasteiger partial charge on any atom is 0.341 e. The Hall–Kier alpha value is -2.96. The second-order valence-electron chi connectivity index (χ2n) is 9.02. The minimum Gasteiger partial charge on any atom is -0.462 e. The van der Waals surface area contributed by atoms with Gasteiger partial charge in [-0.05, 0) is 73.4 Å². The number of amides is 1. The SMILES string of the molecule is CCOC(=O)c1c(NC(=O)c2ccc(CN3CCc4ccccc4C3)cc2)sc2c1CCCC2. The molecule has 2 aromatic carbocycles. The van der Waals surface area contributed by atoms with E-state index in [4.69, 9.17) is 4.74 Å². The number of thiophene rings is 1. The molecule has 0 saturated carbocycles.